The molecule has 1 saturated heterocycles. The van der Waals surface area contributed by atoms with E-state index < -0.39 is 5.63 Å². The summed E-state index contributed by atoms with van der Waals surface area (Å²) < 4.78 is 5.36. The van der Waals surface area contributed by atoms with Crippen molar-refractivity contribution in [1.82, 2.24) is 4.90 Å². The molecular formula is C20H15NO4S2. The molecule has 1 fully saturated rings. The van der Waals surface area contributed by atoms with Crippen LogP contribution in [0.15, 0.2) is 49.8 Å². The summed E-state index contributed by atoms with van der Waals surface area (Å²) in [5, 5.41) is 2.31. The van der Waals surface area contributed by atoms with E-state index in [1.165, 1.54) is 22.3 Å². The zero-order chi connectivity index (χ0) is 19.1. The SMILES string of the molecule is Cc1ccc2c(CN3C(=O)S/C(=C\c4cccs4)C3=O)cc(=O)oc2c1C. The zero-order valence-electron chi connectivity index (χ0n) is 14.6. The number of carbonyl (C=O) groups is 2. The average Bonchev–Trinajstić information content (AvgIpc) is 3.23. The zero-order valence-corrected chi connectivity index (χ0v) is 16.3. The van der Waals surface area contributed by atoms with Crippen LogP contribution >= 0.6 is 23.1 Å². The highest BCUT2D eigenvalue weighted by Crippen LogP contribution is 2.35. The molecule has 0 saturated carbocycles. The first-order valence-corrected chi connectivity index (χ1v) is 9.95. The molecule has 0 bridgehead atoms. The molecule has 0 spiro atoms. The summed E-state index contributed by atoms with van der Waals surface area (Å²) in [7, 11) is 0. The van der Waals surface area contributed by atoms with Gasteiger partial charge in [0, 0.05) is 16.3 Å². The van der Waals surface area contributed by atoms with E-state index in [0.717, 1.165) is 33.2 Å². The maximum atomic E-state index is 12.7. The number of aryl methyl sites for hydroxylation is 2. The van der Waals surface area contributed by atoms with Gasteiger partial charge in [0.1, 0.15) is 5.58 Å². The summed E-state index contributed by atoms with van der Waals surface area (Å²) in [4.78, 5) is 39.6. The number of amides is 2. The van der Waals surface area contributed by atoms with Gasteiger partial charge < -0.3 is 4.42 Å². The van der Waals surface area contributed by atoms with Gasteiger partial charge in [-0.3, -0.25) is 14.5 Å². The molecule has 0 radical (unpaired) electrons. The Balaban J connectivity index is 1.72. The Bertz CT molecular complexity index is 1160. The molecule has 1 aliphatic rings. The van der Waals surface area contributed by atoms with Gasteiger partial charge in [-0.25, -0.2) is 4.79 Å². The summed E-state index contributed by atoms with van der Waals surface area (Å²) in [5.41, 5.74) is 2.49. The van der Waals surface area contributed by atoms with Gasteiger partial charge in [-0.1, -0.05) is 18.2 Å². The van der Waals surface area contributed by atoms with Gasteiger partial charge in [-0.15, -0.1) is 11.3 Å². The number of benzene rings is 1. The summed E-state index contributed by atoms with van der Waals surface area (Å²) in [6, 6.07) is 8.92. The largest absolute Gasteiger partial charge is 0.422 e. The van der Waals surface area contributed by atoms with Crippen molar-refractivity contribution in [2.45, 2.75) is 20.4 Å². The molecule has 27 heavy (non-hydrogen) atoms. The van der Waals surface area contributed by atoms with Gasteiger partial charge in [0.25, 0.3) is 11.1 Å². The summed E-state index contributed by atoms with van der Waals surface area (Å²) in [5.74, 6) is -0.344. The minimum absolute atomic E-state index is 0.0387. The van der Waals surface area contributed by atoms with Gasteiger partial charge in [0.05, 0.1) is 11.4 Å². The first-order chi connectivity index (χ1) is 12.9. The highest BCUT2D eigenvalue weighted by molar-refractivity contribution is 8.18. The van der Waals surface area contributed by atoms with Crippen LogP contribution in [-0.4, -0.2) is 16.0 Å². The fraction of sp³-hybridized carbons (Fsp3) is 0.150. The second kappa shape index (κ2) is 6.83. The fourth-order valence-corrected chi connectivity index (χ4v) is 4.53. The van der Waals surface area contributed by atoms with E-state index in [1.54, 1.807) is 6.08 Å². The standard InChI is InChI=1S/C20H15NO4S2/c1-11-5-6-15-13(8-17(22)25-18(15)12(11)2)10-21-19(23)16(27-20(21)24)9-14-4-3-7-26-14/h3-9H,10H2,1-2H3/b16-9-. The molecule has 0 N–H and O–H groups in total. The van der Waals surface area contributed by atoms with Gasteiger partial charge in [-0.05, 0) is 59.8 Å². The molecule has 2 amide bonds. The summed E-state index contributed by atoms with van der Waals surface area (Å²) in [6.07, 6.45) is 1.72. The second-order valence-electron chi connectivity index (χ2n) is 6.26. The lowest BCUT2D eigenvalue weighted by Gasteiger charge is -2.14. The highest BCUT2D eigenvalue weighted by Gasteiger charge is 2.35. The molecule has 3 aromatic rings. The smallest absolute Gasteiger partial charge is 0.336 e. The lowest BCUT2D eigenvalue weighted by atomic mass is 10.0. The molecule has 0 atom stereocenters. The third-order valence-corrected chi connectivity index (χ3v) is 6.26. The average molecular weight is 397 g/mol. The van der Waals surface area contributed by atoms with Crippen LogP contribution in [0.25, 0.3) is 17.0 Å². The molecule has 0 aliphatic carbocycles. The Kier molecular flexibility index (Phi) is 4.49. The maximum absolute atomic E-state index is 12.7. The van der Waals surface area contributed by atoms with Crippen molar-refractivity contribution in [3.63, 3.8) is 0 Å². The van der Waals surface area contributed by atoms with E-state index >= 15 is 0 Å². The van der Waals surface area contributed by atoms with E-state index in [4.69, 9.17) is 4.42 Å². The summed E-state index contributed by atoms with van der Waals surface area (Å²) >= 11 is 2.42. The quantitative estimate of drug-likeness (QED) is 0.473. The van der Waals surface area contributed by atoms with Crippen molar-refractivity contribution in [3.05, 3.63) is 72.6 Å². The molecule has 3 heterocycles. The predicted octanol–water partition coefficient (Wildman–Crippen LogP) is 4.71. The van der Waals surface area contributed by atoms with Gasteiger partial charge in [0.2, 0.25) is 0 Å². The Morgan fingerprint density at radius 1 is 1.15 bits per heavy atom. The molecule has 1 aromatic carbocycles. The van der Waals surface area contributed by atoms with Crippen LogP contribution in [0.5, 0.6) is 0 Å². The first kappa shape index (κ1) is 17.8. The maximum Gasteiger partial charge on any atom is 0.336 e. The monoisotopic (exact) mass is 397 g/mol. The lowest BCUT2D eigenvalue weighted by Crippen LogP contribution is -2.28. The number of imide groups is 1. The van der Waals surface area contributed by atoms with Crippen molar-refractivity contribution < 1.29 is 14.0 Å². The van der Waals surface area contributed by atoms with Crippen molar-refractivity contribution in [3.8, 4) is 0 Å². The first-order valence-electron chi connectivity index (χ1n) is 8.26. The Morgan fingerprint density at radius 3 is 2.70 bits per heavy atom. The molecular weight excluding hydrogens is 382 g/mol. The Hall–Kier alpha value is -2.64. The number of nitrogens with zero attached hydrogens (tertiary/aromatic N) is 1. The molecule has 1 aliphatic heterocycles. The number of thioether (sulfide) groups is 1. The van der Waals surface area contributed by atoms with Crippen LogP contribution in [0.3, 0.4) is 0 Å². The van der Waals surface area contributed by atoms with Gasteiger partial charge in [0.15, 0.2) is 0 Å². The number of fused-ring (bicyclic) bond motifs is 1. The van der Waals surface area contributed by atoms with E-state index in [1.807, 2.05) is 43.5 Å². The predicted molar refractivity (Wildman–Crippen MR) is 108 cm³/mol. The van der Waals surface area contributed by atoms with Crippen molar-refractivity contribution in [2.24, 2.45) is 0 Å². The van der Waals surface area contributed by atoms with E-state index in [0.29, 0.717) is 16.1 Å². The van der Waals surface area contributed by atoms with E-state index in [2.05, 4.69) is 0 Å². The van der Waals surface area contributed by atoms with Crippen molar-refractivity contribution in [2.75, 3.05) is 0 Å². The van der Waals surface area contributed by atoms with Crippen molar-refractivity contribution >= 4 is 51.3 Å². The van der Waals surface area contributed by atoms with Gasteiger partial charge >= 0.3 is 5.63 Å². The topological polar surface area (TPSA) is 67.6 Å². The van der Waals surface area contributed by atoms with E-state index in [9.17, 15) is 14.4 Å². The Morgan fingerprint density at radius 2 is 1.96 bits per heavy atom. The second-order valence-corrected chi connectivity index (χ2v) is 8.23. The fourth-order valence-electron chi connectivity index (χ4n) is 2.96. The van der Waals surface area contributed by atoms with Gasteiger partial charge in [-0.2, -0.15) is 0 Å². The normalized spacial score (nSPS) is 16.1. The molecule has 136 valence electrons. The third kappa shape index (κ3) is 3.24. The third-order valence-electron chi connectivity index (χ3n) is 4.54. The number of hydrogen-bond donors (Lipinski definition) is 0. The number of rotatable bonds is 3. The minimum atomic E-state index is -0.493. The highest BCUT2D eigenvalue weighted by atomic mass is 32.2. The van der Waals surface area contributed by atoms with E-state index in [-0.39, 0.29) is 17.7 Å². The summed E-state index contributed by atoms with van der Waals surface area (Å²) in [6.45, 7) is 3.86. The minimum Gasteiger partial charge on any atom is -0.422 e. The lowest BCUT2D eigenvalue weighted by molar-refractivity contribution is -0.123. The molecule has 7 heteroatoms. The number of carbonyl (C=O) groups excluding carboxylic acids is 2. The molecule has 4 rings (SSSR count). The van der Waals surface area contributed by atoms with Crippen molar-refractivity contribution in [1.29, 1.82) is 0 Å². The van der Waals surface area contributed by atoms with Crippen LogP contribution in [0, 0.1) is 13.8 Å². The number of thiophene rings is 1. The Labute approximate surface area is 163 Å². The van der Waals surface area contributed by atoms with Crippen LogP contribution in [0.1, 0.15) is 21.6 Å². The van der Waals surface area contributed by atoms with Crippen LogP contribution in [-0.2, 0) is 11.3 Å². The van der Waals surface area contributed by atoms with Crippen LogP contribution in [0.2, 0.25) is 0 Å². The number of hydrogen-bond acceptors (Lipinski definition) is 6. The molecule has 0 unspecified atom stereocenters. The van der Waals surface area contributed by atoms with Crippen LogP contribution in [0.4, 0.5) is 4.79 Å². The van der Waals surface area contributed by atoms with Crippen LogP contribution < -0.4 is 5.63 Å². The molecule has 5 nitrogen and oxygen atoms in total. The molecule has 2 aromatic heterocycles.